The van der Waals surface area contributed by atoms with Gasteiger partial charge in [0.15, 0.2) is 34.6 Å². The minimum atomic E-state index is -2.08. The van der Waals surface area contributed by atoms with Crippen molar-refractivity contribution in [1.82, 2.24) is 0 Å². The van der Waals surface area contributed by atoms with Crippen molar-refractivity contribution >= 4 is 99.3 Å². The summed E-state index contributed by atoms with van der Waals surface area (Å²) < 4.78 is 13.8. The highest BCUT2D eigenvalue weighted by atomic mass is 32.1. The molecule has 6 aromatic rings. The second-order valence-corrected chi connectivity index (χ2v) is 19.4. The Morgan fingerprint density at radius 2 is 0.889 bits per heavy atom. The topological polar surface area (TPSA) is 146 Å². The van der Waals surface area contributed by atoms with Crippen LogP contribution < -0.4 is 0 Å². The van der Waals surface area contributed by atoms with E-state index in [2.05, 4.69) is 9.98 Å². The van der Waals surface area contributed by atoms with Crippen LogP contribution in [0.4, 0.5) is 10.0 Å². The second kappa shape index (κ2) is 15.5. The molecule has 2 aromatic heterocycles. The van der Waals surface area contributed by atoms with Gasteiger partial charge >= 0.3 is 11.9 Å². The minimum absolute atomic E-state index is 0.00101. The zero-order chi connectivity index (χ0) is 43.0. The maximum absolute atomic E-state index is 15.1. The Bertz CT molecular complexity index is 2760. The number of hydrogen-bond acceptors (Lipinski definition) is 12. The van der Waals surface area contributed by atoms with Crippen LogP contribution in [0.2, 0.25) is 0 Å². The predicted octanol–water partition coefficient (Wildman–Crippen LogP) is 9.93. The number of esters is 2. The molecular formula is C51H40N2O8S2. The molecule has 0 amide bonds. The Balaban J connectivity index is 1.07. The largest absolute Gasteiger partial charge is 0.459 e. The lowest BCUT2D eigenvalue weighted by molar-refractivity contribution is -0.164. The number of aliphatic imine (C=N–C) groups is 2. The Morgan fingerprint density at radius 3 is 1.25 bits per heavy atom. The molecule has 314 valence electrons. The number of nitrogens with zero attached hydrogens (tertiary/aromatic N) is 2. The van der Waals surface area contributed by atoms with Gasteiger partial charge in [-0.05, 0) is 106 Å². The SMILES string of the molecule is O=C1C(=Nc2cc3cc4c(cc3s2)-c2cc3sc(N=C5C(=O)C6CCCCC6C5=O)cc3cc2C4(C(=O)OCc2ccccc2)C(=O)OCc2ccccc2)C(=O)C2CCCCC12. The van der Waals surface area contributed by atoms with E-state index < -0.39 is 17.4 Å². The molecule has 4 aromatic carbocycles. The molecule has 0 saturated heterocycles. The van der Waals surface area contributed by atoms with Crippen molar-refractivity contribution in [2.75, 3.05) is 0 Å². The number of ketones is 4. The second-order valence-electron chi connectivity index (χ2n) is 17.3. The summed E-state index contributed by atoms with van der Waals surface area (Å²) >= 11 is 2.65. The molecule has 12 heteroatoms. The van der Waals surface area contributed by atoms with Gasteiger partial charge in [-0.3, -0.25) is 28.8 Å². The first-order chi connectivity index (χ1) is 30.7. The zero-order valence-electron chi connectivity index (χ0n) is 34.1. The van der Waals surface area contributed by atoms with E-state index in [1.807, 2.05) is 72.8 Å². The van der Waals surface area contributed by atoms with Crippen molar-refractivity contribution < 1.29 is 38.2 Å². The molecule has 4 unspecified atom stereocenters. The number of benzene rings is 4. The summed E-state index contributed by atoms with van der Waals surface area (Å²) in [4.78, 5) is 93.4. The molecule has 0 spiro atoms. The zero-order valence-corrected chi connectivity index (χ0v) is 35.7. The number of carbonyl (C=O) groups excluding carboxylic acids is 6. The smallest absolute Gasteiger partial charge is 0.333 e. The summed E-state index contributed by atoms with van der Waals surface area (Å²) in [6.45, 7) is -0.201. The standard InChI is InChI=1S/C51H40N2O8S2/c54-45-31-15-7-8-16-32(31)46(55)43(45)52-41-21-29-19-37-35(23-39(29)62-41)36-24-40-30(22-42(63-40)53-44-47(56)33-17-9-10-18-34(33)48(44)57)20-38(36)51(37,49(58)60-25-27-11-3-1-4-12-27)50(59)61-26-28-13-5-2-6-14-28/h1-6,11-14,19-24,31-34H,7-10,15-18,25-26H2. The van der Waals surface area contributed by atoms with Gasteiger partial charge in [0.1, 0.15) is 23.2 Å². The van der Waals surface area contributed by atoms with Gasteiger partial charge in [0.2, 0.25) is 5.41 Å². The normalized spacial score (nSPS) is 22.2. The summed E-state index contributed by atoms with van der Waals surface area (Å²) in [7, 11) is 0. The molecule has 0 N–H and O–H groups in total. The summed E-state index contributed by atoms with van der Waals surface area (Å²) in [5.74, 6) is -3.64. The van der Waals surface area contributed by atoms with Crippen LogP contribution in [-0.4, -0.2) is 46.5 Å². The van der Waals surface area contributed by atoms with E-state index in [9.17, 15) is 19.2 Å². The van der Waals surface area contributed by atoms with Crippen LogP contribution in [0, 0.1) is 23.7 Å². The average Bonchev–Trinajstić information content (AvgIpc) is 4.09. The highest BCUT2D eigenvalue weighted by Gasteiger charge is 2.58. The number of hydrogen-bond donors (Lipinski definition) is 0. The summed E-state index contributed by atoms with van der Waals surface area (Å²) in [6.07, 6.45) is 6.44. The van der Waals surface area contributed by atoms with Crippen molar-refractivity contribution in [2.45, 2.75) is 70.0 Å². The first kappa shape index (κ1) is 39.6. The van der Waals surface area contributed by atoms with E-state index in [0.29, 0.717) is 68.7 Å². The van der Waals surface area contributed by atoms with Gasteiger partial charge in [-0.1, -0.05) is 86.3 Å². The molecule has 63 heavy (non-hydrogen) atoms. The fourth-order valence-electron chi connectivity index (χ4n) is 10.6. The minimum Gasteiger partial charge on any atom is -0.459 e. The number of Topliss-reactive ketones (excluding diaryl/α,β-unsaturated/α-hetero) is 4. The Hall–Kier alpha value is -6.24. The molecule has 0 radical (unpaired) electrons. The maximum atomic E-state index is 15.1. The van der Waals surface area contributed by atoms with Gasteiger partial charge in [0, 0.05) is 33.1 Å². The fourth-order valence-corrected chi connectivity index (χ4v) is 12.5. The molecule has 4 atom stereocenters. The molecule has 5 aliphatic carbocycles. The lowest BCUT2D eigenvalue weighted by Gasteiger charge is -2.28. The number of carbonyl (C=O) groups is 6. The van der Waals surface area contributed by atoms with Crippen molar-refractivity contribution in [1.29, 1.82) is 0 Å². The van der Waals surface area contributed by atoms with Crippen LogP contribution in [-0.2, 0) is 56.9 Å². The summed E-state index contributed by atoms with van der Waals surface area (Å²) in [6, 6.07) is 29.5. The molecule has 4 saturated carbocycles. The van der Waals surface area contributed by atoms with Crippen LogP contribution >= 0.6 is 22.7 Å². The third kappa shape index (κ3) is 6.48. The van der Waals surface area contributed by atoms with Gasteiger partial charge in [0.25, 0.3) is 0 Å². The fraction of sp³-hybridized carbons (Fsp3) is 0.294. The van der Waals surface area contributed by atoms with Gasteiger partial charge < -0.3 is 9.47 Å². The average molecular weight is 873 g/mol. The predicted molar refractivity (Wildman–Crippen MR) is 241 cm³/mol. The van der Waals surface area contributed by atoms with Gasteiger partial charge in [-0.2, -0.15) is 0 Å². The Kier molecular flexibility index (Phi) is 9.76. The van der Waals surface area contributed by atoms with Gasteiger partial charge in [-0.25, -0.2) is 9.98 Å². The molecule has 5 aliphatic rings. The lowest BCUT2D eigenvalue weighted by Crippen LogP contribution is -2.45. The lowest BCUT2D eigenvalue weighted by atomic mass is 9.77. The van der Waals surface area contributed by atoms with Crippen LogP contribution in [0.15, 0.2) is 107 Å². The van der Waals surface area contributed by atoms with Crippen LogP contribution in [0.1, 0.15) is 73.6 Å². The van der Waals surface area contributed by atoms with E-state index in [1.165, 1.54) is 22.7 Å². The van der Waals surface area contributed by atoms with E-state index >= 15 is 9.59 Å². The van der Waals surface area contributed by atoms with Crippen LogP contribution in [0.5, 0.6) is 0 Å². The van der Waals surface area contributed by atoms with E-state index in [4.69, 9.17) is 9.47 Å². The maximum Gasteiger partial charge on any atom is 0.333 e. The number of thiophene rings is 2. The molecule has 4 fully saturated rings. The number of rotatable bonds is 8. The third-order valence-corrected chi connectivity index (χ3v) is 15.7. The third-order valence-electron chi connectivity index (χ3n) is 13.7. The molecule has 2 heterocycles. The quantitative estimate of drug-likeness (QED) is 0.109. The van der Waals surface area contributed by atoms with Crippen molar-refractivity contribution in [3.8, 4) is 11.1 Å². The molecular weight excluding hydrogens is 833 g/mol. The summed E-state index contributed by atoms with van der Waals surface area (Å²) in [5, 5.41) is 2.29. The van der Waals surface area contributed by atoms with Crippen LogP contribution in [0.25, 0.3) is 31.3 Å². The van der Waals surface area contributed by atoms with Crippen molar-refractivity contribution in [3.63, 3.8) is 0 Å². The molecule has 11 rings (SSSR count). The molecule has 0 bridgehead atoms. The Morgan fingerprint density at radius 1 is 0.524 bits per heavy atom. The van der Waals surface area contributed by atoms with Crippen molar-refractivity contribution in [3.05, 3.63) is 119 Å². The number of fused-ring (bicyclic) bond motifs is 7. The molecule has 10 nitrogen and oxygen atoms in total. The Labute approximate surface area is 370 Å². The number of ether oxygens (including phenoxy) is 2. The van der Waals surface area contributed by atoms with E-state index in [0.717, 1.165) is 46.2 Å². The highest BCUT2D eigenvalue weighted by Crippen LogP contribution is 2.55. The van der Waals surface area contributed by atoms with Gasteiger partial charge in [-0.15, -0.1) is 22.7 Å². The van der Waals surface area contributed by atoms with Gasteiger partial charge in [0.05, 0.1) is 0 Å². The highest BCUT2D eigenvalue weighted by molar-refractivity contribution is 7.23. The van der Waals surface area contributed by atoms with E-state index in [1.54, 1.807) is 24.3 Å². The first-order valence-electron chi connectivity index (χ1n) is 21.6. The van der Waals surface area contributed by atoms with Crippen LogP contribution in [0.3, 0.4) is 0 Å². The first-order valence-corrected chi connectivity index (χ1v) is 23.3. The van der Waals surface area contributed by atoms with Crippen molar-refractivity contribution in [2.24, 2.45) is 33.7 Å². The van der Waals surface area contributed by atoms with E-state index in [-0.39, 0.29) is 71.4 Å². The molecule has 0 aliphatic heterocycles. The summed E-state index contributed by atoms with van der Waals surface area (Å²) in [5.41, 5.74) is 1.35. The monoisotopic (exact) mass is 872 g/mol.